The van der Waals surface area contributed by atoms with Crippen molar-refractivity contribution in [3.8, 4) is 0 Å². The molecule has 0 saturated heterocycles. The van der Waals surface area contributed by atoms with Crippen LogP contribution in [0, 0.1) is 23.2 Å². The number of carbonyl (C=O) groups is 1. The van der Waals surface area contributed by atoms with E-state index in [4.69, 9.17) is 11.6 Å². The molecule has 108 valence electrons. The SMILES string of the molecule is CC(C)(C(=O)Nc1ccc(Cl)cc1)C1[C@H]2CC(O)C[C@@H]12. The molecule has 3 rings (SSSR count). The molecule has 0 spiro atoms. The number of amides is 1. The molecule has 20 heavy (non-hydrogen) atoms. The molecule has 0 radical (unpaired) electrons. The Balaban J connectivity index is 1.66. The zero-order chi connectivity index (χ0) is 14.5. The minimum absolute atomic E-state index is 0.0497. The number of hydrogen-bond donors (Lipinski definition) is 2. The number of anilines is 1. The van der Waals surface area contributed by atoms with E-state index in [2.05, 4.69) is 5.32 Å². The van der Waals surface area contributed by atoms with Gasteiger partial charge in [-0.3, -0.25) is 4.79 Å². The van der Waals surface area contributed by atoms with Crippen LogP contribution in [0.25, 0.3) is 0 Å². The van der Waals surface area contributed by atoms with Crippen molar-refractivity contribution in [2.24, 2.45) is 23.2 Å². The second kappa shape index (κ2) is 4.74. The molecule has 2 aliphatic rings. The smallest absolute Gasteiger partial charge is 0.230 e. The summed E-state index contributed by atoms with van der Waals surface area (Å²) >= 11 is 5.84. The quantitative estimate of drug-likeness (QED) is 0.898. The summed E-state index contributed by atoms with van der Waals surface area (Å²) in [5, 5.41) is 13.2. The van der Waals surface area contributed by atoms with Crippen molar-refractivity contribution in [3.63, 3.8) is 0 Å². The first-order valence-corrected chi connectivity index (χ1v) is 7.52. The molecule has 2 N–H and O–H groups in total. The predicted molar refractivity (Wildman–Crippen MR) is 79.6 cm³/mol. The van der Waals surface area contributed by atoms with E-state index in [9.17, 15) is 9.90 Å². The fourth-order valence-electron chi connectivity index (χ4n) is 3.86. The molecule has 3 nitrogen and oxygen atoms in total. The molecule has 2 fully saturated rings. The number of carbonyl (C=O) groups excluding carboxylic acids is 1. The second-order valence-corrected chi connectivity index (χ2v) is 7.10. The third-order valence-electron chi connectivity index (χ3n) is 4.94. The monoisotopic (exact) mass is 293 g/mol. The molecule has 4 heteroatoms. The van der Waals surface area contributed by atoms with E-state index < -0.39 is 5.41 Å². The van der Waals surface area contributed by atoms with Crippen LogP contribution in [0.3, 0.4) is 0 Å². The molecule has 1 aromatic rings. The van der Waals surface area contributed by atoms with Crippen LogP contribution in [0.4, 0.5) is 5.69 Å². The van der Waals surface area contributed by atoms with E-state index in [0.29, 0.717) is 22.8 Å². The highest BCUT2D eigenvalue weighted by Crippen LogP contribution is 2.64. The fraction of sp³-hybridized carbons (Fsp3) is 0.562. The van der Waals surface area contributed by atoms with Crippen LogP contribution in [0.5, 0.6) is 0 Å². The lowest BCUT2D eigenvalue weighted by molar-refractivity contribution is -0.125. The maximum atomic E-state index is 12.5. The van der Waals surface area contributed by atoms with Gasteiger partial charge < -0.3 is 10.4 Å². The van der Waals surface area contributed by atoms with Crippen molar-refractivity contribution in [2.45, 2.75) is 32.8 Å². The van der Waals surface area contributed by atoms with Crippen LogP contribution in [-0.4, -0.2) is 17.1 Å². The Kier molecular flexibility index (Phi) is 3.30. The highest BCUT2D eigenvalue weighted by atomic mass is 35.5. The Morgan fingerprint density at radius 1 is 1.25 bits per heavy atom. The minimum Gasteiger partial charge on any atom is -0.393 e. The first kappa shape index (κ1) is 13.9. The largest absolute Gasteiger partial charge is 0.393 e. The van der Waals surface area contributed by atoms with Gasteiger partial charge in [0.05, 0.1) is 6.10 Å². The third-order valence-corrected chi connectivity index (χ3v) is 5.19. The summed E-state index contributed by atoms with van der Waals surface area (Å²) < 4.78 is 0. The first-order valence-electron chi connectivity index (χ1n) is 7.14. The van der Waals surface area contributed by atoms with Crippen LogP contribution < -0.4 is 5.32 Å². The van der Waals surface area contributed by atoms with Gasteiger partial charge in [-0.2, -0.15) is 0 Å². The van der Waals surface area contributed by atoms with Gasteiger partial charge in [-0.1, -0.05) is 25.4 Å². The summed E-state index contributed by atoms with van der Waals surface area (Å²) in [6.45, 7) is 4.02. The first-order chi connectivity index (χ1) is 9.39. The Hall–Kier alpha value is -1.06. The van der Waals surface area contributed by atoms with E-state index in [-0.39, 0.29) is 12.0 Å². The van der Waals surface area contributed by atoms with E-state index >= 15 is 0 Å². The van der Waals surface area contributed by atoms with Gasteiger partial charge in [-0.05, 0) is 54.9 Å². The van der Waals surface area contributed by atoms with Gasteiger partial charge in [-0.15, -0.1) is 0 Å². The van der Waals surface area contributed by atoms with Gasteiger partial charge in [0.2, 0.25) is 5.91 Å². The Bertz CT molecular complexity index is 514. The van der Waals surface area contributed by atoms with Gasteiger partial charge in [-0.25, -0.2) is 0 Å². The lowest BCUT2D eigenvalue weighted by Crippen LogP contribution is -2.34. The molecule has 4 atom stereocenters. The maximum Gasteiger partial charge on any atom is 0.230 e. The van der Waals surface area contributed by atoms with Crippen molar-refractivity contribution >= 4 is 23.2 Å². The number of aliphatic hydroxyl groups is 1. The standard InChI is InChI=1S/C16H20ClNO2/c1-16(2,14-12-7-11(19)8-13(12)14)15(20)18-10-5-3-9(17)4-6-10/h3-6,11-14,19H,7-8H2,1-2H3,(H,18,20)/t11?,12-,13+,14?. The van der Waals surface area contributed by atoms with Crippen molar-refractivity contribution in [1.29, 1.82) is 0 Å². The summed E-state index contributed by atoms with van der Waals surface area (Å²) in [6.07, 6.45) is 1.55. The van der Waals surface area contributed by atoms with E-state index in [1.54, 1.807) is 12.1 Å². The van der Waals surface area contributed by atoms with Gasteiger partial charge in [0.25, 0.3) is 0 Å². The zero-order valence-corrected chi connectivity index (χ0v) is 12.5. The molecular formula is C16H20ClNO2. The normalized spacial score (nSPS) is 31.8. The van der Waals surface area contributed by atoms with E-state index in [1.807, 2.05) is 26.0 Å². The highest BCUT2D eigenvalue weighted by Gasteiger charge is 2.63. The number of rotatable bonds is 3. The summed E-state index contributed by atoms with van der Waals surface area (Å²) in [5.74, 6) is 1.50. The van der Waals surface area contributed by atoms with Crippen LogP contribution >= 0.6 is 11.6 Å². The summed E-state index contributed by atoms with van der Waals surface area (Å²) in [6, 6.07) is 7.17. The fourth-order valence-corrected chi connectivity index (χ4v) is 3.99. The van der Waals surface area contributed by atoms with Gasteiger partial charge in [0.15, 0.2) is 0 Å². The summed E-state index contributed by atoms with van der Waals surface area (Å²) in [5.41, 5.74) is 0.382. The van der Waals surface area contributed by atoms with Crippen molar-refractivity contribution < 1.29 is 9.90 Å². The Morgan fingerprint density at radius 3 is 2.35 bits per heavy atom. The molecule has 0 aliphatic heterocycles. The molecule has 2 saturated carbocycles. The van der Waals surface area contributed by atoms with Gasteiger partial charge in [0.1, 0.15) is 0 Å². The number of halogens is 1. The predicted octanol–water partition coefficient (Wildman–Crippen LogP) is 3.32. The van der Waals surface area contributed by atoms with Crippen LogP contribution in [-0.2, 0) is 4.79 Å². The van der Waals surface area contributed by atoms with Crippen LogP contribution in [0.1, 0.15) is 26.7 Å². The lowest BCUT2D eigenvalue weighted by atomic mass is 9.82. The molecule has 0 bridgehead atoms. The average Bonchev–Trinajstić information content (AvgIpc) is 2.92. The third kappa shape index (κ3) is 2.33. The number of aliphatic hydroxyl groups excluding tert-OH is 1. The van der Waals surface area contributed by atoms with Crippen molar-refractivity contribution in [2.75, 3.05) is 5.32 Å². The van der Waals surface area contributed by atoms with Crippen LogP contribution in [0.15, 0.2) is 24.3 Å². The zero-order valence-electron chi connectivity index (χ0n) is 11.8. The summed E-state index contributed by atoms with van der Waals surface area (Å²) in [7, 11) is 0. The molecular weight excluding hydrogens is 274 g/mol. The average molecular weight is 294 g/mol. The summed E-state index contributed by atoms with van der Waals surface area (Å²) in [4.78, 5) is 12.5. The lowest BCUT2D eigenvalue weighted by Gasteiger charge is -2.26. The molecule has 0 aromatic heterocycles. The maximum absolute atomic E-state index is 12.5. The highest BCUT2D eigenvalue weighted by molar-refractivity contribution is 6.30. The Morgan fingerprint density at radius 2 is 1.80 bits per heavy atom. The number of fused-ring (bicyclic) bond motifs is 1. The number of benzene rings is 1. The topological polar surface area (TPSA) is 49.3 Å². The minimum atomic E-state index is -0.394. The molecule has 1 aromatic carbocycles. The molecule has 2 unspecified atom stereocenters. The van der Waals surface area contributed by atoms with E-state index in [0.717, 1.165) is 18.5 Å². The van der Waals surface area contributed by atoms with Crippen molar-refractivity contribution in [1.82, 2.24) is 0 Å². The van der Waals surface area contributed by atoms with E-state index in [1.165, 1.54) is 0 Å². The molecule has 0 heterocycles. The van der Waals surface area contributed by atoms with Gasteiger partial charge in [0, 0.05) is 16.1 Å². The Labute approximate surface area is 124 Å². The molecule has 1 amide bonds. The van der Waals surface area contributed by atoms with Crippen LogP contribution in [0.2, 0.25) is 5.02 Å². The number of nitrogens with one attached hydrogen (secondary N) is 1. The van der Waals surface area contributed by atoms with Crippen molar-refractivity contribution in [3.05, 3.63) is 29.3 Å². The number of hydrogen-bond acceptors (Lipinski definition) is 2. The van der Waals surface area contributed by atoms with Gasteiger partial charge >= 0.3 is 0 Å². The second-order valence-electron chi connectivity index (χ2n) is 6.66. The molecule has 2 aliphatic carbocycles.